The van der Waals surface area contributed by atoms with Gasteiger partial charge in [-0.2, -0.15) is 0 Å². The molecular weight excluding hydrogens is 272 g/mol. The molecule has 2 aromatic carbocycles. The number of hydrogen-bond acceptors (Lipinski definition) is 4. The lowest BCUT2D eigenvalue weighted by Gasteiger charge is -2.14. The highest BCUT2D eigenvalue weighted by Crippen LogP contribution is 2.36. The van der Waals surface area contributed by atoms with E-state index in [1.807, 2.05) is 30.3 Å². The van der Waals surface area contributed by atoms with Crippen molar-refractivity contribution in [3.05, 3.63) is 48.5 Å². The number of carbonyl (C=O) groups is 1. The van der Waals surface area contributed by atoms with Gasteiger partial charge in [0, 0.05) is 11.1 Å². The molecule has 5 heteroatoms. The van der Waals surface area contributed by atoms with Gasteiger partial charge in [-0.15, -0.1) is 0 Å². The van der Waals surface area contributed by atoms with Crippen LogP contribution in [0, 0.1) is 0 Å². The second-order valence-electron chi connectivity index (χ2n) is 4.25. The number of aliphatic hydroxyl groups is 1. The van der Waals surface area contributed by atoms with Crippen LogP contribution in [0.3, 0.4) is 0 Å². The fraction of sp³-hybridized carbons (Fsp3) is 0.188. The van der Waals surface area contributed by atoms with Crippen LogP contribution in [0.4, 0.5) is 0 Å². The van der Waals surface area contributed by atoms with Crippen LogP contribution < -0.4 is 9.47 Å². The summed E-state index contributed by atoms with van der Waals surface area (Å²) in [5.41, 5.74) is 1.53. The minimum Gasteiger partial charge on any atom is -0.491 e. The molecule has 2 aromatic rings. The molecule has 2 N–H and O–H groups in total. The summed E-state index contributed by atoms with van der Waals surface area (Å²) in [4.78, 5) is 10.7. The monoisotopic (exact) mass is 288 g/mol. The van der Waals surface area contributed by atoms with Crippen molar-refractivity contribution in [2.24, 2.45) is 0 Å². The Balaban J connectivity index is 2.35. The molecule has 0 fully saturated rings. The van der Waals surface area contributed by atoms with Crippen LogP contribution >= 0.6 is 0 Å². The quantitative estimate of drug-likeness (QED) is 0.816. The van der Waals surface area contributed by atoms with E-state index in [1.165, 1.54) is 0 Å². The van der Waals surface area contributed by atoms with Crippen molar-refractivity contribution >= 4 is 5.97 Å². The summed E-state index contributed by atoms with van der Waals surface area (Å²) >= 11 is 0. The maximum absolute atomic E-state index is 10.7. The third-order valence-corrected chi connectivity index (χ3v) is 2.76. The topological polar surface area (TPSA) is 76.0 Å². The molecule has 0 aliphatic carbocycles. The van der Waals surface area contributed by atoms with Gasteiger partial charge in [0.2, 0.25) is 0 Å². The maximum Gasteiger partial charge on any atom is 0.341 e. The van der Waals surface area contributed by atoms with Gasteiger partial charge in [0.05, 0.1) is 6.61 Å². The van der Waals surface area contributed by atoms with E-state index in [1.54, 1.807) is 18.2 Å². The summed E-state index contributed by atoms with van der Waals surface area (Å²) in [5, 5.41) is 17.6. The van der Waals surface area contributed by atoms with E-state index < -0.39 is 12.6 Å². The van der Waals surface area contributed by atoms with E-state index in [4.69, 9.17) is 19.7 Å². The van der Waals surface area contributed by atoms with Crippen molar-refractivity contribution in [1.82, 2.24) is 0 Å². The first-order chi connectivity index (χ1) is 10.2. The van der Waals surface area contributed by atoms with Crippen LogP contribution in [-0.4, -0.2) is 36.0 Å². The van der Waals surface area contributed by atoms with Crippen LogP contribution in [0.25, 0.3) is 11.1 Å². The first-order valence-electron chi connectivity index (χ1n) is 6.49. The summed E-state index contributed by atoms with van der Waals surface area (Å²) in [6.45, 7) is -0.294. The van der Waals surface area contributed by atoms with Crippen molar-refractivity contribution in [3.63, 3.8) is 0 Å². The van der Waals surface area contributed by atoms with Crippen molar-refractivity contribution in [1.29, 1.82) is 0 Å². The molecule has 5 nitrogen and oxygen atoms in total. The minimum absolute atomic E-state index is 0.0779. The lowest BCUT2D eigenvalue weighted by molar-refractivity contribution is -0.139. The molecule has 0 amide bonds. The van der Waals surface area contributed by atoms with E-state index in [2.05, 4.69) is 0 Å². The third-order valence-electron chi connectivity index (χ3n) is 2.76. The molecule has 0 radical (unpaired) electrons. The maximum atomic E-state index is 10.7. The van der Waals surface area contributed by atoms with Crippen LogP contribution in [0.2, 0.25) is 0 Å². The van der Waals surface area contributed by atoms with Crippen molar-refractivity contribution in [3.8, 4) is 22.6 Å². The van der Waals surface area contributed by atoms with E-state index in [0.717, 1.165) is 11.1 Å². The lowest BCUT2D eigenvalue weighted by Crippen LogP contribution is -2.10. The van der Waals surface area contributed by atoms with Crippen LogP contribution in [-0.2, 0) is 4.79 Å². The molecule has 0 aromatic heterocycles. The molecule has 0 aliphatic rings. The van der Waals surface area contributed by atoms with Crippen molar-refractivity contribution in [2.45, 2.75) is 0 Å². The molecule has 0 aliphatic heterocycles. The molecule has 0 unspecified atom stereocenters. The Morgan fingerprint density at radius 1 is 0.905 bits per heavy atom. The van der Waals surface area contributed by atoms with E-state index in [9.17, 15) is 4.79 Å². The Morgan fingerprint density at radius 3 is 1.95 bits per heavy atom. The Kier molecular flexibility index (Phi) is 5.17. The highest BCUT2D eigenvalue weighted by atomic mass is 16.5. The zero-order chi connectivity index (χ0) is 15.1. The average Bonchev–Trinajstić information content (AvgIpc) is 2.51. The van der Waals surface area contributed by atoms with Crippen LogP contribution in [0.5, 0.6) is 11.5 Å². The molecule has 0 atom stereocenters. The number of aliphatic carboxylic acids is 1. The van der Waals surface area contributed by atoms with E-state index in [-0.39, 0.29) is 13.2 Å². The van der Waals surface area contributed by atoms with Gasteiger partial charge in [-0.25, -0.2) is 4.79 Å². The number of benzene rings is 2. The number of carboxylic acids is 1. The first-order valence-corrected chi connectivity index (χ1v) is 6.49. The number of ether oxygens (including phenoxy) is 2. The molecule has 2 rings (SSSR count). The van der Waals surface area contributed by atoms with Gasteiger partial charge < -0.3 is 19.7 Å². The van der Waals surface area contributed by atoms with E-state index >= 15 is 0 Å². The summed E-state index contributed by atoms with van der Waals surface area (Å²) in [5.74, 6) is 0.0486. The van der Waals surface area contributed by atoms with Gasteiger partial charge in [0.1, 0.15) is 18.1 Å². The fourth-order valence-corrected chi connectivity index (χ4v) is 1.93. The minimum atomic E-state index is -1.03. The van der Waals surface area contributed by atoms with Gasteiger partial charge in [-0.05, 0) is 12.1 Å². The third kappa shape index (κ3) is 3.97. The molecule has 0 heterocycles. The Morgan fingerprint density at radius 2 is 1.43 bits per heavy atom. The molecule has 21 heavy (non-hydrogen) atoms. The van der Waals surface area contributed by atoms with Gasteiger partial charge in [-0.3, -0.25) is 0 Å². The summed E-state index contributed by atoms with van der Waals surface area (Å²) in [7, 11) is 0. The number of hydrogen-bond donors (Lipinski definition) is 2. The standard InChI is InChI=1S/C16H16O5/c17-9-10-20-14-7-3-1-5-12(14)13-6-2-4-8-15(13)21-11-16(18)19/h1-8,17H,9-11H2,(H,18,19). The predicted molar refractivity (Wildman–Crippen MR) is 77.6 cm³/mol. The SMILES string of the molecule is O=C(O)COc1ccccc1-c1ccccc1OCCO. The van der Waals surface area contributed by atoms with Gasteiger partial charge in [0.15, 0.2) is 6.61 Å². The van der Waals surface area contributed by atoms with Crippen LogP contribution in [0.15, 0.2) is 48.5 Å². The highest BCUT2D eigenvalue weighted by molar-refractivity contribution is 5.76. The van der Waals surface area contributed by atoms with Gasteiger partial charge in [0.25, 0.3) is 0 Å². The predicted octanol–water partition coefficient (Wildman–Crippen LogP) is 2.19. The van der Waals surface area contributed by atoms with Gasteiger partial charge in [-0.1, -0.05) is 36.4 Å². The normalized spacial score (nSPS) is 10.1. The second kappa shape index (κ2) is 7.31. The van der Waals surface area contributed by atoms with E-state index in [0.29, 0.717) is 11.5 Å². The van der Waals surface area contributed by atoms with Crippen molar-refractivity contribution < 1.29 is 24.5 Å². The highest BCUT2D eigenvalue weighted by Gasteiger charge is 2.11. The lowest BCUT2D eigenvalue weighted by atomic mass is 10.0. The largest absolute Gasteiger partial charge is 0.491 e. The summed E-state index contributed by atoms with van der Waals surface area (Å²) in [6, 6.07) is 14.5. The Labute approximate surface area is 122 Å². The molecular formula is C16H16O5. The molecule has 0 spiro atoms. The number of rotatable bonds is 7. The average molecular weight is 288 g/mol. The van der Waals surface area contributed by atoms with Crippen LogP contribution in [0.1, 0.15) is 0 Å². The Bertz CT molecular complexity index is 609. The summed E-state index contributed by atoms with van der Waals surface area (Å²) < 4.78 is 10.8. The number of carboxylic acid groups (broad SMARTS) is 1. The smallest absolute Gasteiger partial charge is 0.341 e. The van der Waals surface area contributed by atoms with Gasteiger partial charge >= 0.3 is 5.97 Å². The molecule has 0 saturated heterocycles. The zero-order valence-electron chi connectivity index (χ0n) is 11.4. The number of para-hydroxylation sites is 2. The molecule has 110 valence electrons. The van der Waals surface area contributed by atoms with Crippen molar-refractivity contribution in [2.75, 3.05) is 19.8 Å². The molecule has 0 saturated carbocycles. The first kappa shape index (κ1) is 14.9. The summed E-state index contributed by atoms with van der Waals surface area (Å²) in [6.07, 6.45) is 0. The second-order valence-corrected chi connectivity index (χ2v) is 4.25. The number of aliphatic hydroxyl groups excluding tert-OH is 1. The fourth-order valence-electron chi connectivity index (χ4n) is 1.93. The Hall–Kier alpha value is -2.53. The molecule has 0 bridgehead atoms. The zero-order valence-corrected chi connectivity index (χ0v) is 11.4.